The van der Waals surface area contributed by atoms with Crippen molar-refractivity contribution in [1.29, 1.82) is 0 Å². The molecule has 5 heteroatoms. The van der Waals surface area contributed by atoms with Crippen molar-refractivity contribution in [2.45, 2.75) is 44.8 Å². The highest BCUT2D eigenvalue weighted by Crippen LogP contribution is 2.25. The smallest absolute Gasteiger partial charge is 0.488 e. The molecule has 0 amide bonds. The Hall–Kier alpha value is -1.04. The van der Waals surface area contributed by atoms with Crippen molar-refractivity contribution in [3.63, 3.8) is 0 Å². The summed E-state index contributed by atoms with van der Waals surface area (Å²) in [6.07, 6.45) is 4.66. The van der Waals surface area contributed by atoms with Crippen LogP contribution in [-0.2, 0) is 4.74 Å². The van der Waals surface area contributed by atoms with Gasteiger partial charge in [-0.1, -0.05) is 6.07 Å². The molecule has 1 aromatic carbocycles. The zero-order valence-electron chi connectivity index (χ0n) is 11.5. The van der Waals surface area contributed by atoms with Crippen molar-refractivity contribution in [3.05, 3.63) is 23.8 Å². The van der Waals surface area contributed by atoms with Crippen LogP contribution in [0.2, 0.25) is 0 Å². The first-order valence-corrected chi connectivity index (χ1v) is 6.76. The molecule has 0 radical (unpaired) electrons. The monoisotopic (exact) mass is 264 g/mol. The first-order valence-electron chi connectivity index (χ1n) is 6.76. The molecule has 0 bridgehead atoms. The number of methoxy groups -OCH3 is 1. The van der Waals surface area contributed by atoms with Gasteiger partial charge in [-0.25, -0.2) is 0 Å². The Balaban J connectivity index is 2.01. The maximum atomic E-state index is 9.18. The first kappa shape index (κ1) is 14.4. The third-order valence-corrected chi connectivity index (χ3v) is 3.73. The minimum absolute atomic E-state index is 0.183. The Morgan fingerprint density at radius 2 is 1.95 bits per heavy atom. The van der Waals surface area contributed by atoms with Gasteiger partial charge in [0.15, 0.2) is 0 Å². The molecule has 0 aromatic heterocycles. The van der Waals surface area contributed by atoms with Gasteiger partial charge in [-0.05, 0) is 49.3 Å². The summed E-state index contributed by atoms with van der Waals surface area (Å²) in [7, 11) is 0.316. The van der Waals surface area contributed by atoms with Crippen LogP contribution in [-0.4, -0.2) is 36.5 Å². The van der Waals surface area contributed by atoms with Gasteiger partial charge in [0.1, 0.15) is 11.9 Å². The van der Waals surface area contributed by atoms with Gasteiger partial charge in [0.05, 0.1) is 6.10 Å². The Bertz CT molecular complexity index is 422. The normalized spacial score (nSPS) is 23.2. The summed E-state index contributed by atoms with van der Waals surface area (Å²) in [6.45, 7) is 1.85. The summed E-state index contributed by atoms with van der Waals surface area (Å²) < 4.78 is 11.3. The maximum absolute atomic E-state index is 9.18. The number of hydrogen-bond donors (Lipinski definition) is 2. The van der Waals surface area contributed by atoms with E-state index < -0.39 is 7.12 Å². The minimum Gasteiger partial charge on any atom is -0.490 e. The highest BCUT2D eigenvalue weighted by molar-refractivity contribution is 6.59. The second-order valence-corrected chi connectivity index (χ2v) is 5.16. The van der Waals surface area contributed by atoms with Gasteiger partial charge >= 0.3 is 7.12 Å². The fourth-order valence-corrected chi connectivity index (χ4v) is 2.63. The molecule has 2 unspecified atom stereocenters. The Kier molecular flexibility index (Phi) is 4.85. The third-order valence-electron chi connectivity index (χ3n) is 3.73. The lowest BCUT2D eigenvalue weighted by Crippen LogP contribution is -2.32. The van der Waals surface area contributed by atoms with Crippen LogP contribution >= 0.6 is 0 Å². The minimum atomic E-state index is -1.43. The largest absolute Gasteiger partial charge is 0.490 e. The predicted molar refractivity (Wildman–Crippen MR) is 74.7 cm³/mol. The molecule has 1 aliphatic rings. The van der Waals surface area contributed by atoms with E-state index in [0.717, 1.165) is 37.0 Å². The topological polar surface area (TPSA) is 58.9 Å². The fraction of sp³-hybridized carbons (Fsp3) is 0.571. The lowest BCUT2D eigenvalue weighted by atomic mass is 9.77. The quantitative estimate of drug-likeness (QED) is 0.797. The fourth-order valence-electron chi connectivity index (χ4n) is 2.63. The summed E-state index contributed by atoms with van der Waals surface area (Å²) in [5.74, 6) is 0.781. The molecular formula is C14H21BO4. The van der Waals surface area contributed by atoms with Crippen LogP contribution < -0.4 is 10.2 Å². The second kappa shape index (κ2) is 6.41. The Labute approximate surface area is 114 Å². The summed E-state index contributed by atoms with van der Waals surface area (Å²) in [4.78, 5) is 0. The van der Waals surface area contributed by atoms with Gasteiger partial charge in [0, 0.05) is 13.5 Å². The zero-order chi connectivity index (χ0) is 13.8. The van der Waals surface area contributed by atoms with E-state index in [9.17, 15) is 10.0 Å². The van der Waals surface area contributed by atoms with Crippen molar-refractivity contribution in [1.82, 2.24) is 0 Å². The van der Waals surface area contributed by atoms with Crippen molar-refractivity contribution in [2.24, 2.45) is 0 Å². The van der Waals surface area contributed by atoms with Crippen LogP contribution in [0.15, 0.2) is 18.2 Å². The average molecular weight is 264 g/mol. The molecule has 2 N–H and O–H groups in total. The van der Waals surface area contributed by atoms with Crippen LogP contribution in [0.5, 0.6) is 5.75 Å². The van der Waals surface area contributed by atoms with E-state index in [1.807, 2.05) is 13.0 Å². The molecule has 1 aromatic rings. The molecule has 4 nitrogen and oxygen atoms in total. The van der Waals surface area contributed by atoms with Gasteiger partial charge in [0.2, 0.25) is 0 Å². The van der Waals surface area contributed by atoms with Crippen molar-refractivity contribution in [2.75, 3.05) is 7.11 Å². The van der Waals surface area contributed by atoms with Crippen LogP contribution in [0.1, 0.15) is 31.2 Å². The van der Waals surface area contributed by atoms with E-state index in [0.29, 0.717) is 11.6 Å². The van der Waals surface area contributed by atoms with Crippen LogP contribution in [0.4, 0.5) is 0 Å². The second-order valence-electron chi connectivity index (χ2n) is 5.16. The molecule has 0 saturated heterocycles. The predicted octanol–water partition coefficient (Wildman–Crippen LogP) is 1.01. The SMILES string of the molecule is COC1CCCC(Oc2ccc(B(O)O)c(C)c2)C1. The van der Waals surface area contributed by atoms with Gasteiger partial charge in [-0.2, -0.15) is 0 Å². The van der Waals surface area contributed by atoms with Crippen molar-refractivity contribution < 1.29 is 19.5 Å². The molecule has 1 aliphatic carbocycles. The van der Waals surface area contributed by atoms with E-state index in [1.54, 1.807) is 19.2 Å². The van der Waals surface area contributed by atoms with Gasteiger partial charge in [-0.15, -0.1) is 0 Å². The van der Waals surface area contributed by atoms with Crippen molar-refractivity contribution in [3.8, 4) is 5.75 Å². The molecule has 0 heterocycles. The third kappa shape index (κ3) is 3.72. The lowest BCUT2D eigenvalue weighted by Gasteiger charge is -2.28. The lowest BCUT2D eigenvalue weighted by molar-refractivity contribution is 0.0209. The number of ether oxygens (including phenoxy) is 2. The van der Waals surface area contributed by atoms with E-state index >= 15 is 0 Å². The van der Waals surface area contributed by atoms with Gasteiger partial charge in [0.25, 0.3) is 0 Å². The Morgan fingerprint density at radius 1 is 1.21 bits per heavy atom. The molecule has 2 atom stereocenters. The average Bonchev–Trinajstić information content (AvgIpc) is 2.38. The van der Waals surface area contributed by atoms with E-state index in [-0.39, 0.29) is 6.10 Å². The first-order chi connectivity index (χ1) is 9.10. The maximum Gasteiger partial charge on any atom is 0.488 e. The molecule has 1 saturated carbocycles. The highest BCUT2D eigenvalue weighted by Gasteiger charge is 2.23. The number of benzene rings is 1. The van der Waals surface area contributed by atoms with Gasteiger partial charge < -0.3 is 19.5 Å². The summed E-state index contributed by atoms with van der Waals surface area (Å²) in [5.41, 5.74) is 1.34. The molecule has 19 heavy (non-hydrogen) atoms. The van der Waals surface area contributed by atoms with E-state index in [2.05, 4.69) is 0 Å². The summed E-state index contributed by atoms with van der Waals surface area (Å²) >= 11 is 0. The number of aryl methyl sites for hydroxylation is 1. The van der Waals surface area contributed by atoms with Crippen molar-refractivity contribution >= 4 is 12.6 Å². The van der Waals surface area contributed by atoms with E-state index in [4.69, 9.17) is 9.47 Å². The molecule has 104 valence electrons. The number of hydrogen-bond acceptors (Lipinski definition) is 4. The summed E-state index contributed by atoms with van der Waals surface area (Å²) in [6, 6.07) is 5.34. The number of rotatable bonds is 4. The molecule has 1 fully saturated rings. The highest BCUT2D eigenvalue weighted by atomic mass is 16.5. The summed E-state index contributed by atoms with van der Waals surface area (Å²) in [5, 5.41) is 18.4. The van der Waals surface area contributed by atoms with Crippen LogP contribution in [0, 0.1) is 6.92 Å². The molecule has 0 spiro atoms. The van der Waals surface area contributed by atoms with Crippen LogP contribution in [0.25, 0.3) is 0 Å². The Morgan fingerprint density at radius 3 is 2.58 bits per heavy atom. The van der Waals surface area contributed by atoms with E-state index in [1.165, 1.54) is 0 Å². The molecule has 2 rings (SSSR count). The standard InChI is InChI=1S/C14H21BO4/c1-10-8-13(6-7-14(10)15(16)17)19-12-5-3-4-11(9-12)18-2/h6-8,11-12,16-17H,3-5,9H2,1-2H3. The van der Waals surface area contributed by atoms with Gasteiger partial charge in [-0.3, -0.25) is 0 Å². The van der Waals surface area contributed by atoms with Crippen LogP contribution in [0.3, 0.4) is 0 Å². The molecular weight excluding hydrogens is 243 g/mol. The zero-order valence-corrected chi connectivity index (χ0v) is 11.5. The molecule has 0 aliphatic heterocycles.